The second-order valence-corrected chi connectivity index (χ2v) is 8.90. The molecule has 2 amide bonds. The summed E-state index contributed by atoms with van der Waals surface area (Å²) in [5.41, 5.74) is 1.11. The fourth-order valence-corrected chi connectivity index (χ4v) is 4.91. The Labute approximate surface area is 190 Å². The Balaban J connectivity index is 1.79. The van der Waals surface area contributed by atoms with Crippen LogP contribution in [0.2, 0.25) is 0 Å². The van der Waals surface area contributed by atoms with Gasteiger partial charge in [0, 0.05) is 17.3 Å². The van der Waals surface area contributed by atoms with Crippen molar-refractivity contribution in [2.45, 2.75) is 51.1 Å². The van der Waals surface area contributed by atoms with Gasteiger partial charge in [0.15, 0.2) is 0 Å². The SMILES string of the molecule is CCCC[C@@H](CC)C(=O)Nc1cccc([C@H]2SCC(=O)N2c2ccc(C(F)(F)F)cc2)c1. The van der Waals surface area contributed by atoms with Gasteiger partial charge in [0.05, 0.1) is 11.3 Å². The number of carbonyl (C=O) groups is 2. The molecule has 3 rings (SSSR count). The molecule has 1 aliphatic rings. The van der Waals surface area contributed by atoms with E-state index < -0.39 is 11.7 Å². The second-order valence-electron chi connectivity index (χ2n) is 7.83. The van der Waals surface area contributed by atoms with Crippen molar-refractivity contribution in [3.8, 4) is 0 Å². The highest BCUT2D eigenvalue weighted by Gasteiger charge is 2.35. The van der Waals surface area contributed by atoms with Crippen LogP contribution in [0, 0.1) is 5.92 Å². The summed E-state index contributed by atoms with van der Waals surface area (Å²) in [5.74, 6) is -0.00524. The average molecular weight is 465 g/mol. The Bertz CT molecular complexity index is 947. The fourth-order valence-electron chi connectivity index (χ4n) is 3.75. The first-order chi connectivity index (χ1) is 15.2. The van der Waals surface area contributed by atoms with Gasteiger partial charge >= 0.3 is 6.18 Å². The van der Waals surface area contributed by atoms with E-state index in [1.54, 1.807) is 6.07 Å². The van der Waals surface area contributed by atoms with Crippen molar-refractivity contribution in [2.24, 2.45) is 5.92 Å². The maximum absolute atomic E-state index is 12.9. The third kappa shape index (κ3) is 5.65. The Hall–Kier alpha value is -2.48. The molecule has 1 heterocycles. The third-order valence-electron chi connectivity index (χ3n) is 5.55. The largest absolute Gasteiger partial charge is 0.416 e. The molecule has 0 aliphatic carbocycles. The first-order valence-electron chi connectivity index (χ1n) is 10.8. The van der Waals surface area contributed by atoms with Gasteiger partial charge in [-0.15, -0.1) is 11.8 Å². The van der Waals surface area contributed by atoms with Gasteiger partial charge in [-0.2, -0.15) is 13.2 Å². The molecule has 32 heavy (non-hydrogen) atoms. The van der Waals surface area contributed by atoms with Crippen LogP contribution in [0.15, 0.2) is 48.5 Å². The van der Waals surface area contributed by atoms with E-state index in [0.717, 1.165) is 43.4 Å². The maximum Gasteiger partial charge on any atom is 0.416 e. The van der Waals surface area contributed by atoms with E-state index in [9.17, 15) is 22.8 Å². The summed E-state index contributed by atoms with van der Waals surface area (Å²) < 4.78 is 38.7. The quantitative estimate of drug-likeness (QED) is 0.476. The number of amides is 2. The molecule has 8 heteroatoms. The van der Waals surface area contributed by atoms with Crippen molar-refractivity contribution in [1.82, 2.24) is 0 Å². The summed E-state index contributed by atoms with van der Waals surface area (Å²) in [7, 11) is 0. The van der Waals surface area contributed by atoms with E-state index in [1.807, 2.05) is 25.1 Å². The molecule has 2 aromatic carbocycles. The van der Waals surface area contributed by atoms with Crippen LogP contribution in [0.3, 0.4) is 0 Å². The van der Waals surface area contributed by atoms with Crippen molar-refractivity contribution in [1.29, 1.82) is 0 Å². The lowest BCUT2D eigenvalue weighted by molar-refractivity contribution is -0.137. The zero-order valence-corrected chi connectivity index (χ0v) is 18.9. The summed E-state index contributed by atoms with van der Waals surface area (Å²) in [6.07, 6.45) is -0.796. The van der Waals surface area contributed by atoms with Crippen LogP contribution in [0.4, 0.5) is 24.5 Å². The number of carbonyl (C=O) groups excluding carboxylic acids is 2. The molecule has 172 valence electrons. The molecular formula is C24H27F3N2O2S. The monoisotopic (exact) mass is 464 g/mol. The number of nitrogens with one attached hydrogen (secondary N) is 1. The number of anilines is 2. The van der Waals surface area contributed by atoms with Gasteiger partial charge in [-0.25, -0.2) is 0 Å². The van der Waals surface area contributed by atoms with Crippen LogP contribution >= 0.6 is 11.8 Å². The number of unbranched alkanes of at least 4 members (excludes halogenated alkanes) is 1. The Kier molecular flexibility index (Phi) is 7.87. The molecule has 1 N–H and O–H groups in total. The van der Waals surface area contributed by atoms with Crippen molar-refractivity contribution < 1.29 is 22.8 Å². The highest BCUT2D eigenvalue weighted by Crippen LogP contribution is 2.43. The Morgan fingerprint density at radius 1 is 1.19 bits per heavy atom. The van der Waals surface area contributed by atoms with E-state index in [0.29, 0.717) is 11.4 Å². The number of thioether (sulfide) groups is 1. The van der Waals surface area contributed by atoms with Crippen molar-refractivity contribution in [3.05, 3.63) is 59.7 Å². The number of hydrogen-bond donors (Lipinski definition) is 1. The fraction of sp³-hybridized carbons (Fsp3) is 0.417. The molecule has 0 spiro atoms. The molecule has 0 bridgehead atoms. The summed E-state index contributed by atoms with van der Waals surface area (Å²) in [6.45, 7) is 4.09. The Morgan fingerprint density at radius 3 is 2.53 bits per heavy atom. The predicted molar refractivity (Wildman–Crippen MR) is 123 cm³/mol. The smallest absolute Gasteiger partial charge is 0.326 e. The minimum Gasteiger partial charge on any atom is -0.326 e. The zero-order chi connectivity index (χ0) is 23.3. The van der Waals surface area contributed by atoms with Gasteiger partial charge < -0.3 is 5.32 Å². The lowest BCUT2D eigenvalue weighted by atomic mass is 9.98. The number of benzene rings is 2. The Morgan fingerprint density at radius 2 is 1.91 bits per heavy atom. The van der Waals surface area contributed by atoms with Crippen molar-refractivity contribution in [3.63, 3.8) is 0 Å². The van der Waals surface area contributed by atoms with E-state index >= 15 is 0 Å². The molecule has 1 saturated heterocycles. The molecule has 1 fully saturated rings. The molecule has 2 aromatic rings. The summed E-state index contributed by atoms with van der Waals surface area (Å²) in [4.78, 5) is 26.7. The van der Waals surface area contributed by atoms with E-state index in [-0.39, 0.29) is 28.9 Å². The number of rotatable bonds is 8. The predicted octanol–water partition coefficient (Wildman–Crippen LogP) is 6.64. The van der Waals surface area contributed by atoms with Crippen molar-refractivity contribution >= 4 is 35.0 Å². The summed E-state index contributed by atoms with van der Waals surface area (Å²) >= 11 is 1.41. The minimum atomic E-state index is -4.43. The van der Waals surface area contributed by atoms with Gasteiger partial charge in [-0.05, 0) is 54.8 Å². The molecular weight excluding hydrogens is 437 g/mol. The van der Waals surface area contributed by atoms with Crippen LogP contribution in [-0.2, 0) is 15.8 Å². The number of hydrogen-bond acceptors (Lipinski definition) is 3. The second kappa shape index (κ2) is 10.4. The van der Waals surface area contributed by atoms with Gasteiger partial charge in [0.2, 0.25) is 11.8 Å². The highest BCUT2D eigenvalue weighted by atomic mass is 32.2. The average Bonchev–Trinajstić information content (AvgIpc) is 3.15. The third-order valence-corrected chi connectivity index (χ3v) is 6.76. The van der Waals surface area contributed by atoms with Crippen LogP contribution in [0.5, 0.6) is 0 Å². The highest BCUT2D eigenvalue weighted by molar-refractivity contribution is 8.00. The van der Waals surface area contributed by atoms with Gasteiger partial charge in [0.25, 0.3) is 0 Å². The molecule has 1 aliphatic heterocycles. The molecule has 4 nitrogen and oxygen atoms in total. The molecule has 2 atom stereocenters. The van der Waals surface area contributed by atoms with Crippen LogP contribution in [-0.4, -0.2) is 17.6 Å². The van der Waals surface area contributed by atoms with E-state index in [1.165, 1.54) is 28.8 Å². The standard InChI is InChI=1S/C24H27F3N2O2S/c1-3-5-7-16(4-2)22(31)28-19-9-6-8-17(14-19)23-29(21(30)15-32-23)20-12-10-18(11-13-20)24(25,26)27/h6,8-14,16,23H,3-5,7,15H2,1-2H3,(H,28,31)/t16-,23-/m1/s1. The molecule has 0 unspecified atom stereocenters. The summed E-state index contributed by atoms with van der Waals surface area (Å²) in [6, 6.07) is 11.9. The normalized spacial score (nSPS) is 17.5. The van der Waals surface area contributed by atoms with Gasteiger partial charge in [-0.3, -0.25) is 14.5 Å². The van der Waals surface area contributed by atoms with E-state index in [4.69, 9.17) is 0 Å². The van der Waals surface area contributed by atoms with Crippen LogP contribution < -0.4 is 10.2 Å². The maximum atomic E-state index is 12.9. The molecule has 0 radical (unpaired) electrons. The van der Waals surface area contributed by atoms with Crippen LogP contribution in [0.25, 0.3) is 0 Å². The zero-order valence-electron chi connectivity index (χ0n) is 18.1. The first kappa shape index (κ1) is 24.2. The van der Waals surface area contributed by atoms with Gasteiger partial charge in [0.1, 0.15) is 5.37 Å². The topological polar surface area (TPSA) is 49.4 Å². The minimum absolute atomic E-state index is 0.0205. The number of halogens is 3. The lowest BCUT2D eigenvalue weighted by Crippen LogP contribution is -2.28. The van der Waals surface area contributed by atoms with E-state index in [2.05, 4.69) is 12.2 Å². The molecule has 0 saturated carbocycles. The van der Waals surface area contributed by atoms with Crippen LogP contribution in [0.1, 0.15) is 56.0 Å². The molecule has 0 aromatic heterocycles. The number of nitrogens with zero attached hydrogens (tertiary/aromatic N) is 1. The lowest BCUT2D eigenvalue weighted by Gasteiger charge is -2.25. The van der Waals surface area contributed by atoms with Gasteiger partial charge in [-0.1, -0.05) is 38.8 Å². The number of alkyl halides is 3. The first-order valence-corrected chi connectivity index (χ1v) is 11.8. The van der Waals surface area contributed by atoms with Crippen molar-refractivity contribution in [2.75, 3.05) is 16.0 Å². The summed E-state index contributed by atoms with van der Waals surface area (Å²) in [5, 5.41) is 2.60.